The molecular weight excluding hydrogens is 353 g/mol. The molecule has 140 valence electrons. The Morgan fingerprint density at radius 2 is 2.07 bits per heavy atom. The van der Waals surface area contributed by atoms with E-state index in [1.165, 1.54) is 24.4 Å². The van der Waals surface area contributed by atoms with Gasteiger partial charge in [-0.25, -0.2) is 24.6 Å². The fourth-order valence-corrected chi connectivity index (χ4v) is 2.33. The van der Waals surface area contributed by atoms with Crippen molar-refractivity contribution in [2.75, 3.05) is 10.6 Å². The number of anilines is 2. The molecule has 0 saturated heterocycles. The standard InChI is InChI=1S/C17H18FN7O2/c1-10(2)23-24-17(27)21-12-6-19-16-22-15(8-25(16)7-12)13-5-11(20-9-26)3-4-14(13)18/h3-10,23H,1-2H3,(H,20,26)(H2,21,24,27). The highest BCUT2D eigenvalue weighted by molar-refractivity contribution is 5.88. The van der Waals surface area contributed by atoms with Gasteiger partial charge in [0.2, 0.25) is 12.2 Å². The van der Waals surface area contributed by atoms with Crippen molar-refractivity contribution in [3.63, 3.8) is 0 Å². The van der Waals surface area contributed by atoms with Crippen molar-refractivity contribution in [1.29, 1.82) is 0 Å². The molecule has 27 heavy (non-hydrogen) atoms. The topological polar surface area (TPSA) is 112 Å². The Hall–Kier alpha value is -3.53. The lowest BCUT2D eigenvalue weighted by atomic mass is 10.1. The summed E-state index contributed by atoms with van der Waals surface area (Å²) >= 11 is 0. The lowest BCUT2D eigenvalue weighted by molar-refractivity contribution is -0.105. The van der Waals surface area contributed by atoms with Crippen molar-refractivity contribution in [2.24, 2.45) is 0 Å². The molecular formula is C17H18FN7O2. The summed E-state index contributed by atoms with van der Waals surface area (Å²) in [5.74, 6) is -0.142. The first-order valence-corrected chi connectivity index (χ1v) is 8.13. The van der Waals surface area contributed by atoms with Crippen molar-refractivity contribution >= 4 is 29.6 Å². The second-order valence-electron chi connectivity index (χ2n) is 6.01. The van der Waals surface area contributed by atoms with Crippen LogP contribution in [0.2, 0.25) is 0 Å². The van der Waals surface area contributed by atoms with Crippen LogP contribution in [-0.4, -0.2) is 32.9 Å². The Morgan fingerprint density at radius 1 is 1.26 bits per heavy atom. The minimum absolute atomic E-state index is 0.0897. The average molecular weight is 371 g/mol. The molecule has 4 N–H and O–H groups in total. The number of hydrogen-bond acceptors (Lipinski definition) is 5. The van der Waals surface area contributed by atoms with E-state index in [4.69, 9.17) is 0 Å². The molecule has 9 nitrogen and oxygen atoms in total. The van der Waals surface area contributed by atoms with E-state index in [1.54, 1.807) is 16.8 Å². The number of benzene rings is 1. The van der Waals surface area contributed by atoms with Crippen LogP contribution >= 0.6 is 0 Å². The van der Waals surface area contributed by atoms with E-state index in [0.29, 0.717) is 29.3 Å². The van der Waals surface area contributed by atoms with Gasteiger partial charge in [0.15, 0.2) is 0 Å². The normalized spacial score (nSPS) is 10.8. The van der Waals surface area contributed by atoms with Crippen molar-refractivity contribution in [3.05, 3.63) is 42.6 Å². The third-order valence-electron chi connectivity index (χ3n) is 3.51. The number of urea groups is 1. The zero-order chi connectivity index (χ0) is 19.4. The van der Waals surface area contributed by atoms with Crippen LogP contribution < -0.4 is 21.5 Å². The third-order valence-corrected chi connectivity index (χ3v) is 3.51. The number of hydrazine groups is 1. The van der Waals surface area contributed by atoms with Crippen LogP contribution in [0.25, 0.3) is 17.0 Å². The number of nitrogens with zero attached hydrogens (tertiary/aromatic N) is 3. The summed E-state index contributed by atoms with van der Waals surface area (Å²) in [6.45, 7) is 3.78. The third kappa shape index (κ3) is 4.36. The van der Waals surface area contributed by atoms with E-state index in [2.05, 4.69) is 31.5 Å². The quantitative estimate of drug-likeness (QED) is 0.392. The first-order valence-electron chi connectivity index (χ1n) is 8.13. The molecule has 0 radical (unpaired) electrons. The van der Waals surface area contributed by atoms with E-state index >= 15 is 0 Å². The van der Waals surface area contributed by atoms with Crippen LogP contribution in [0, 0.1) is 5.82 Å². The van der Waals surface area contributed by atoms with Crippen LogP contribution in [0.1, 0.15) is 13.8 Å². The predicted molar refractivity (Wildman–Crippen MR) is 98.5 cm³/mol. The number of hydrogen-bond donors (Lipinski definition) is 4. The van der Waals surface area contributed by atoms with Gasteiger partial charge in [-0.05, 0) is 32.0 Å². The minimum Gasteiger partial charge on any atom is -0.329 e. The summed E-state index contributed by atoms with van der Waals surface area (Å²) in [4.78, 5) is 30.8. The van der Waals surface area contributed by atoms with Crippen molar-refractivity contribution in [3.8, 4) is 11.3 Å². The fourth-order valence-electron chi connectivity index (χ4n) is 2.33. The number of nitrogens with one attached hydrogen (secondary N) is 4. The van der Waals surface area contributed by atoms with Crippen LogP contribution in [0.15, 0.2) is 36.8 Å². The Kier molecular flexibility index (Phi) is 5.27. The highest BCUT2D eigenvalue weighted by atomic mass is 19.1. The molecule has 3 rings (SSSR count). The predicted octanol–water partition coefficient (Wildman–Crippen LogP) is 2.14. The molecule has 10 heteroatoms. The zero-order valence-corrected chi connectivity index (χ0v) is 14.7. The van der Waals surface area contributed by atoms with Crippen molar-refractivity contribution in [2.45, 2.75) is 19.9 Å². The second kappa shape index (κ2) is 7.79. The van der Waals surface area contributed by atoms with E-state index in [0.717, 1.165) is 0 Å². The molecule has 2 heterocycles. The van der Waals surface area contributed by atoms with Gasteiger partial charge in [0.05, 0.1) is 17.6 Å². The molecule has 0 unspecified atom stereocenters. The van der Waals surface area contributed by atoms with Gasteiger partial charge < -0.3 is 10.6 Å². The van der Waals surface area contributed by atoms with E-state index in [1.807, 2.05) is 13.8 Å². The number of carbonyl (C=O) groups is 2. The maximum atomic E-state index is 14.2. The first kappa shape index (κ1) is 18.3. The molecule has 1 aromatic carbocycles. The number of aromatic nitrogens is 3. The largest absolute Gasteiger partial charge is 0.333 e. The molecule has 3 aromatic rings. The fraction of sp³-hybridized carbons (Fsp3) is 0.176. The molecule has 0 atom stereocenters. The van der Waals surface area contributed by atoms with Crippen LogP contribution in [0.5, 0.6) is 0 Å². The number of imidazole rings is 1. The van der Waals surface area contributed by atoms with E-state index < -0.39 is 11.8 Å². The average Bonchev–Trinajstić information content (AvgIpc) is 3.05. The first-order chi connectivity index (χ1) is 13.0. The summed E-state index contributed by atoms with van der Waals surface area (Å²) in [6, 6.07) is 3.83. The van der Waals surface area contributed by atoms with Crippen molar-refractivity contribution in [1.82, 2.24) is 25.2 Å². The van der Waals surface area contributed by atoms with Gasteiger partial charge in [0.1, 0.15) is 5.82 Å². The molecule has 0 aliphatic carbocycles. The number of halogens is 1. The smallest absolute Gasteiger partial charge is 0.329 e. The molecule has 0 fully saturated rings. The zero-order valence-electron chi connectivity index (χ0n) is 14.7. The van der Waals surface area contributed by atoms with Crippen molar-refractivity contribution < 1.29 is 14.0 Å². The van der Waals surface area contributed by atoms with E-state index in [9.17, 15) is 14.0 Å². The summed E-state index contributed by atoms with van der Waals surface area (Å²) in [5.41, 5.74) is 6.73. The molecule has 3 amide bonds. The second-order valence-corrected chi connectivity index (χ2v) is 6.01. The van der Waals surface area contributed by atoms with Gasteiger partial charge in [-0.15, -0.1) is 0 Å². The van der Waals surface area contributed by atoms with E-state index in [-0.39, 0.29) is 11.6 Å². The van der Waals surface area contributed by atoms with Gasteiger partial charge in [0, 0.05) is 29.7 Å². The summed E-state index contributed by atoms with van der Waals surface area (Å²) in [5, 5.41) is 5.10. The molecule has 0 aliphatic heterocycles. The molecule has 2 aromatic heterocycles. The maximum absolute atomic E-state index is 14.2. The Balaban J connectivity index is 1.85. The van der Waals surface area contributed by atoms with Gasteiger partial charge >= 0.3 is 6.03 Å². The number of carbonyl (C=O) groups excluding carboxylic acids is 2. The number of fused-ring (bicyclic) bond motifs is 1. The molecule has 0 aliphatic rings. The minimum atomic E-state index is -0.479. The Labute approximate surface area is 154 Å². The van der Waals surface area contributed by atoms with Crippen LogP contribution in [0.4, 0.5) is 20.6 Å². The molecule has 0 bridgehead atoms. The SMILES string of the molecule is CC(C)NNC(=O)Nc1cnc2nc(-c3cc(NC=O)ccc3F)cn2c1. The summed E-state index contributed by atoms with van der Waals surface area (Å²) < 4.78 is 15.7. The van der Waals surface area contributed by atoms with Gasteiger partial charge in [-0.1, -0.05) is 0 Å². The lowest BCUT2D eigenvalue weighted by Gasteiger charge is -2.10. The van der Waals surface area contributed by atoms with Gasteiger partial charge in [-0.2, -0.15) is 0 Å². The summed E-state index contributed by atoms with van der Waals surface area (Å²) in [7, 11) is 0. The molecule has 0 spiro atoms. The molecule has 0 saturated carbocycles. The Morgan fingerprint density at radius 3 is 2.81 bits per heavy atom. The maximum Gasteiger partial charge on any atom is 0.333 e. The highest BCUT2D eigenvalue weighted by Gasteiger charge is 2.12. The Bertz CT molecular complexity index is 987. The number of amides is 3. The summed E-state index contributed by atoms with van der Waals surface area (Å²) in [6.07, 6.45) is 5.15. The number of rotatable bonds is 6. The monoisotopic (exact) mass is 371 g/mol. The van der Waals surface area contributed by atoms with Gasteiger partial charge in [-0.3, -0.25) is 14.6 Å². The highest BCUT2D eigenvalue weighted by Crippen LogP contribution is 2.25. The van der Waals surface area contributed by atoms with Gasteiger partial charge in [0.25, 0.3) is 0 Å². The van der Waals surface area contributed by atoms with Crippen LogP contribution in [0.3, 0.4) is 0 Å². The lowest BCUT2D eigenvalue weighted by Crippen LogP contribution is -2.43. The van der Waals surface area contributed by atoms with Crippen LogP contribution in [-0.2, 0) is 4.79 Å².